The van der Waals surface area contributed by atoms with Crippen LogP contribution in [0, 0.1) is 13.8 Å². The molecule has 0 spiro atoms. The number of morpholine rings is 1. The number of aryl methyl sites for hydroxylation is 1. The minimum absolute atomic E-state index is 0.124. The van der Waals surface area contributed by atoms with Crippen molar-refractivity contribution in [2.24, 2.45) is 0 Å². The van der Waals surface area contributed by atoms with Crippen LogP contribution in [0.5, 0.6) is 5.75 Å². The molecule has 0 bridgehead atoms. The average molecular weight is 275 g/mol. The van der Waals surface area contributed by atoms with Gasteiger partial charge in [-0.3, -0.25) is 0 Å². The Hall–Kier alpha value is -1.06. The molecule has 3 nitrogen and oxygen atoms in total. The molecule has 1 aliphatic heterocycles. The number of nitrogens with one attached hydrogen (secondary N) is 1. The van der Waals surface area contributed by atoms with E-state index in [1.54, 1.807) is 0 Å². The first-order chi connectivity index (χ1) is 9.75. The van der Waals surface area contributed by atoms with E-state index in [2.05, 4.69) is 31.3 Å². The summed E-state index contributed by atoms with van der Waals surface area (Å²) in [7, 11) is 0. The molecular formula is C17H25NO2. The van der Waals surface area contributed by atoms with Gasteiger partial charge in [0.25, 0.3) is 0 Å². The maximum atomic E-state index is 6.36. The van der Waals surface area contributed by atoms with Gasteiger partial charge in [-0.15, -0.1) is 0 Å². The molecule has 1 atom stereocenters. The van der Waals surface area contributed by atoms with Crippen LogP contribution in [-0.4, -0.2) is 25.8 Å². The van der Waals surface area contributed by atoms with Crippen LogP contribution in [0.3, 0.4) is 0 Å². The first-order valence-corrected chi connectivity index (χ1v) is 7.85. The molecule has 1 aromatic carbocycles. The Bertz CT molecular complexity index is 460. The normalized spacial score (nSPS) is 24.0. The quantitative estimate of drug-likeness (QED) is 0.918. The van der Waals surface area contributed by atoms with E-state index in [1.807, 2.05) is 0 Å². The highest BCUT2D eigenvalue weighted by Crippen LogP contribution is 2.36. The highest BCUT2D eigenvalue weighted by Gasteiger charge is 2.24. The largest absolute Gasteiger partial charge is 0.490 e. The SMILES string of the molecule is Cc1ccc(C2CNCCO2)c(OC2CCCC2)c1C. The molecule has 1 saturated carbocycles. The minimum atomic E-state index is 0.124. The lowest BCUT2D eigenvalue weighted by atomic mass is 9.99. The fourth-order valence-corrected chi connectivity index (χ4v) is 3.16. The molecule has 1 aromatic rings. The molecule has 20 heavy (non-hydrogen) atoms. The van der Waals surface area contributed by atoms with E-state index >= 15 is 0 Å². The number of ether oxygens (including phenoxy) is 2. The zero-order valence-electron chi connectivity index (χ0n) is 12.6. The van der Waals surface area contributed by atoms with Crippen molar-refractivity contribution < 1.29 is 9.47 Å². The molecule has 3 heteroatoms. The number of hydrogen-bond acceptors (Lipinski definition) is 3. The second kappa shape index (κ2) is 6.15. The van der Waals surface area contributed by atoms with E-state index in [-0.39, 0.29) is 6.10 Å². The first-order valence-electron chi connectivity index (χ1n) is 7.85. The summed E-state index contributed by atoms with van der Waals surface area (Å²) in [4.78, 5) is 0. The molecule has 1 heterocycles. The molecule has 1 aliphatic carbocycles. The summed E-state index contributed by atoms with van der Waals surface area (Å²) in [6, 6.07) is 4.37. The second-order valence-electron chi connectivity index (χ2n) is 6.01. The molecule has 0 aromatic heterocycles. The van der Waals surface area contributed by atoms with Crippen molar-refractivity contribution in [2.75, 3.05) is 19.7 Å². The van der Waals surface area contributed by atoms with E-state index in [0.29, 0.717) is 6.10 Å². The monoisotopic (exact) mass is 275 g/mol. The lowest BCUT2D eigenvalue weighted by Crippen LogP contribution is -2.33. The standard InChI is InChI=1S/C17H25NO2/c1-12-7-8-15(16-11-18-9-10-19-16)17(13(12)2)20-14-5-3-4-6-14/h7-8,14,16,18H,3-6,9-11H2,1-2H3. The number of rotatable bonds is 3. The van der Waals surface area contributed by atoms with E-state index in [9.17, 15) is 0 Å². The lowest BCUT2D eigenvalue weighted by Gasteiger charge is -2.28. The third-order valence-corrected chi connectivity index (χ3v) is 4.57. The van der Waals surface area contributed by atoms with Gasteiger partial charge in [0.05, 0.1) is 18.8 Å². The van der Waals surface area contributed by atoms with Crippen LogP contribution in [-0.2, 0) is 4.74 Å². The Labute approximate surface area is 121 Å². The minimum Gasteiger partial charge on any atom is -0.490 e. The van der Waals surface area contributed by atoms with Gasteiger partial charge in [0, 0.05) is 18.7 Å². The Morgan fingerprint density at radius 2 is 2.00 bits per heavy atom. The van der Waals surface area contributed by atoms with Crippen LogP contribution in [0.4, 0.5) is 0 Å². The topological polar surface area (TPSA) is 30.5 Å². The Morgan fingerprint density at radius 3 is 2.70 bits per heavy atom. The predicted octanol–water partition coefficient (Wildman–Crippen LogP) is 3.29. The summed E-state index contributed by atoms with van der Waals surface area (Å²) in [6.45, 7) is 6.92. The number of benzene rings is 1. The van der Waals surface area contributed by atoms with E-state index in [1.165, 1.54) is 42.4 Å². The highest BCUT2D eigenvalue weighted by molar-refractivity contribution is 5.47. The average Bonchev–Trinajstić information content (AvgIpc) is 2.98. The molecule has 1 N–H and O–H groups in total. The van der Waals surface area contributed by atoms with E-state index in [0.717, 1.165) is 25.4 Å². The molecule has 110 valence electrons. The smallest absolute Gasteiger partial charge is 0.128 e. The molecule has 3 rings (SSSR count). The summed E-state index contributed by atoms with van der Waals surface area (Å²) in [5.74, 6) is 1.07. The Balaban J connectivity index is 1.88. The molecule has 2 fully saturated rings. The van der Waals surface area contributed by atoms with E-state index in [4.69, 9.17) is 9.47 Å². The van der Waals surface area contributed by atoms with Crippen molar-refractivity contribution in [1.82, 2.24) is 5.32 Å². The van der Waals surface area contributed by atoms with Gasteiger partial charge < -0.3 is 14.8 Å². The van der Waals surface area contributed by atoms with Crippen molar-refractivity contribution in [3.63, 3.8) is 0 Å². The summed E-state index contributed by atoms with van der Waals surface area (Å²) in [6.07, 6.45) is 5.50. The van der Waals surface area contributed by atoms with Crippen LogP contribution in [0.15, 0.2) is 12.1 Å². The number of hydrogen-bond donors (Lipinski definition) is 1. The van der Waals surface area contributed by atoms with Crippen LogP contribution in [0.25, 0.3) is 0 Å². The third-order valence-electron chi connectivity index (χ3n) is 4.57. The fourth-order valence-electron chi connectivity index (χ4n) is 3.16. The maximum absolute atomic E-state index is 6.36. The summed E-state index contributed by atoms with van der Waals surface area (Å²) in [5, 5.41) is 3.41. The van der Waals surface area contributed by atoms with Gasteiger partial charge in [0.2, 0.25) is 0 Å². The van der Waals surface area contributed by atoms with Crippen LogP contribution >= 0.6 is 0 Å². The van der Waals surface area contributed by atoms with Gasteiger partial charge in [-0.2, -0.15) is 0 Å². The Morgan fingerprint density at radius 1 is 1.20 bits per heavy atom. The second-order valence-corrected chi connectivity index (χ2v) is 6.01. The van der Waals surface area contributed by atoms with Crippen LogP contribution < -0.4 is 10.1 Å². The van der Waals surface area contributed by atoms with E-state index < -0.39 is 0 Å². The van der Waals surface area contributed by atoms with Gasteiger partial charge in [-0.1, -0.05) is 12.1 Å². The zero-order valence-corrected chi connectivity index (χ0v) is 12.6. The molecule has 0 amide bonds. The fraction of sp³-hybridized carbons (Fsp3) is 0.647. The summed E-state index contributed by atoms with van der Waals surface area (Å²) in [5.41, 5.74) is 3.78. The first kappa shape index (κ1) is 13.9. The molecule has 1 unspecified atom stereocenters. The lowest BCUT2D eigenvalue weighted by molar-refractivity contribution is 0.0249. The molecular weight excluding hydrogens is 250 g/mol. The van der Waals surface area contributed by atoms with Crippen molar-refractivity contribution in [3.05, 3.63) is 28.8 Å². The third kappa shape index (κ3) is 2.84. The van der Waals surface area contributed by atoms with Crippen molar-refractivity contribution in [3.8, 4) is 5.75 Å². The summed E-state index contributed by atoms with van der Waals surface area (Å²) >= 11 is 0. The van der Waals surface area contributed by atoms with Crippen molar-refractivity contribution in [1.29, 1.82) is 0 Å². The van der Waals surface area contributed by atoms with Crippen LogP contribution in [0.1, 0.15) is 48.5 Å². The Kier molecular flexibility index (Phi) is 4.27. The predicted molar refractivity (Wildman–Crippen MR) is 80.4 cm³/mol. The van der Waals surface area contributed by atoms with Crippen LogP contribution in [0.2, 0.25) is 0 Å². The highest BCUT2D eigenvalue weighted by atomic mass is 16.5. The molecule has 1 saturated heterocycles. The molecule has 0 radical (unpaired) electrons. The molecule has 2 aliphatic rings. The van der Waals surface area contributed by atoms with Gasteiger partial charge in [-0.05, 0) is 50.7 Å². The zero-order chi connectivity index (χ0) is 13.9. The van der Waals surface area contributed by atoms with Gasteiger partial charge >= 0.3 is 0 Å². The van der Waals surface area contributed by atoms with Crippen molar-refractivity contribution in [2.45, 2.75) is 51.7 Å². The summed E-state index contributed by atoms with van der Waals surface area (Å²) < 4.78 is 12.3. The maximum Gasteiger partial charge on any atom is 0.128 e. The van der Waals surface area contributed by atoms with Crippen molar-refractivity contribution >= 4 is 0 Å². The van der Waals surface area contributed by atoms with Gasteiger partial charge in [0.1, 0.15) is 5.75 Å². The van der Waals surface area contributed by atoms with Gasteiger partial charge in [-0.25, -0.2) is 0 Å². The van der Waals surface area contributed by atoms with Gasteiger partial charge in [0.15, 0.2) is 0 Å².